The number of benzene rings is 2. The van der Waals surface area contributed by atoms with Gasteiger partial charge in [-0.2, -0.15) is 0 Å². The maximum atomic E-state index is 13.6. The number of anilines is 1. The lowest BCUT2D eigenvalue weighted by Crippen LogP contribution is -2.50. The van der Waals surface area contributed by atoms with Gasteiger partial charge in [-0.15, -0.1) is 0 Å². The third-order valence-electron chi connectivity index (χ3n) is 5.98. The highest BCUT2D eigenvalue weighted by atomic mass is 16.2. The Kier molecular flexibility index (Phi) is 6.07. The zero-order valence-electron chi connectivity index (χ0n) is 18.6. The molecule has 1 fully saturated rings. The molecule has 0 bridgehead atoms. The van der Waals surface area contributed by atoms with Crippen molar-refractivity contribution >= 4 is 34.6 Å². The van der Waals surface area contributed by atoms with Crippen LogP contribution in [0.2, 0.25) is 0 Å². The number of nitrogens with one attached hydrogen (secondary N) is 2. The average Bonchev–Trinajstić information content (AvgIpc) is 3.32. The van der Waals surface area contributed by atoms with Crippen LogP contribution in [0.1, 0.15) is 15.9 Å². The largest absolute Gasteiger partial charge is 0.361 e. The molecule has 0 unspecified atom stereocenters. The molecule has 2 amide bonds. The van der Waals surface area contributed by atoms with E-state index in [2.05, 4.69) is 20.2 Å². The Labute approximate surface area is 197 Å². The molecule has 5 rings (SSSR count). The third-order valence-corrected chi connectivity index (χ3v) is 5.98. The number of pyridine rings is 1. The standard InChI is InChI=1S/C27H25N5O2/c33-26(20-8-2-1-3-9-20)30-24(18-21-19-29-23-11-5-4-10-22(21)23)27(34)32-16-14-31(15-17-32)25-12-6-7-13-28-25/h1-13,18-19,29H,14-17H2,(H,30,33)/b24-18+. The zero-order chi connectivity index (χ0) is 23.3. The molecular formula is C27H25N5O2. The van der Waals surface area contributed by atoms with E-state index in [9.17, 15) is 9.59 Å². The summed E-state index contributed by atoms with van der Waals surface area (Å²) in [7, 11) is 0. The minimum atomic E-state index is -0.313. The summed E-state index contributed by atoms with van der Waals surface area (Å²) in [5.41, 5.74) is 2.57. The molecule has 0 aliphatic carbocycles. The fourth-order valence-corrected chi connectivity index (χ4v) is 4.15. The lowest BCUT2D eigenvalue weighted by atomic mass is 10.1. The molecule has 4 aromatic rings. The van der Waals surface area contributed by atoms with E-state index in [0.717, 1.165) is 22.3 Å². The molecule has 2 aromatic carbocycles. The third kappa shape index (κ3) is 4.54. The normalized spacial score (nSPS) is 14.3. The zero-order valence-corrected chi connectivity index (χ0v) is 18.6. The van der Waals surface area contributed by atoms with Gasteiger partial charge in [0.05, 0.1) is 0 Å². The van der Waals surface area contributed by atoms with Crippen molar-refractivity contribution in [3.8, 4) is 0 Å². The van der Waals surface area contributed by atoms with E-state index < -0.39 is 0 Å². The van der Waals surface area contributed by atoms with Gasteiger partial charge in [0.15, 0.2) is 0 Å². The van der Waals surface area contributed by atoms with Gasteiger partial charge in [0.25, 0.3) is 11.8 Å². The highest BCUT2D eigenvalue weighted by molar-refractivity contribution is 6.06. The molecule has 0 radical (unpaired) electrons. The molecule has 1 aliphatic heterocycles. The Morgan fingerprint density at radius 3 is 2.38 bits per heavy atom. The molecular weight excluding hydrogens is 426 g/mol. The van der Waals surface area contributed by atoms with Gasteiger partial charge in [-0.05, 0) is 36.4 Å². The van der Waals surface area contributed by atoms with E-state index in [4.69, 9.17) is 0 Å². The van der Waals surface area contributed by atoms with Crippen LogP contribution >= 0.6 is 0 Å². The average molecular weight is 452 g/mol. The summed E-state index contributed by atoms with van der Waals surface area (Å²) in [6, 6.07) is 22.6. The second kappa shape index (κ2) is 9.62. The van der Waals surface area contributed by atoms with Crippen LogP contribution in [-0.2, 0) is 4.79 Å². The number of aromatic amines is 1. The van der Waals surface area contributed by atoms with Crippen molar-refractivity contribution in [1.82, 2.24) is 20.2 Å². The molecule has 170 valence electrons. The molecule has 1 saturated heterocycles. The highest BCUT2D eigenvalue weighted by Crippen LogP contribution is 2.21. The van der Waals surface area contributed by atoms with Gasteiger partial charge in [-0.1, -0.05) is 42.5 Å². The predicted octanol–water partition coefficient (Wildman–Crippen LogP) is 3.68. The fraction of sp³-hybridized carbons (Fsp3) is 0.148. The van der Waals surface area contributed by atoms with E-state index >= 15 is 0 Å². The lowest BCUT2D eigenvalue weighted by molar-refractivity contribution is -0.127. The van der Waals surface area contributed by atoms with Crippen molar-refractivity contribution in [1.29, 1.82) is 0 Å². The van der Waals surface area contributed by atoms with E-state index in [1.165, 1.54) is 0 Å². The second-order valence-corrected chi connectivity index (χ2v) is 8.13. The van der Waals surface area contributed by atoms with E-state index in [-0.39, 0.29) is 17.5 Å². The predicted molar refractivity (Wildman–Crippen MR) is 133 cm³/mol. The Morgan fingerprint density at radius 1 is 0.882 bits per heavy atom. The summed E-state index contributed by atoms with van der Waals surface area (Å²) in [5, 5.41) is 3.86. The Morgan fingerprint density at radius 2 is 1.62 bits per heavy atom. The van der Waals surface area contributed by atoms with Crippen LogP contribution in [0.25, 0.3) is 17.0 Å². The number of amides is 2. The number of piperazine rings is 1. The SMILES string of the molecule is O=C(N/C(=C/c1c[nH]c2ccccc12)C(=O)N1CCN(c2ccccn2)CC1)c1ccccc1. The van der Waals surface area contributed by atoms with Crippen LogP contribution < -0.4 is 10.2 Å². The minimum Gasteiger partial charge on any atom is -0.361 e. The van der Waals surface area contributed by atoms with E-state index in [1.54, 1.807) is 41.4 Å². The number of para-hydroxylation sites is 1. The summed E-state index contributed by atoms with van der Waals surface area (Å²) in [4.78, 5) is 38.1. The number of rotatable bonds is 5. The molecule has 2 aromatic heterocycles. The van der Waals surface area contributed by atoms with Gasteiger partial charge in [0.2, 0.25) is 0 Å². The number of hydrogen-bond donors (Lipinski definition) is 2. The van der Waals surface area contributed by atoms with Gasteiger partial charge in [0.1, 0.15) is 11.5 Å². The quantitative estimate of drug-likeness (QED) is 0.454. The first-order valence-corrected chi connectivity index (χ1v) is 11.3. The molecule has 34 heavy (non-hydrogen) atoms. The van der Waals surface area contributed by atoms with Crippen LogP contribution in [-0.4, -0.2) is 52.9 Å². The Hall–Kier alpha value is -4.39. The first kappa shape index (κ1) is 21.5. The van der Waals surface area contributed by atoms with Crippen molar-refractivity contribution in [2.75, 3.05) is 31.1 Å². The molecule has 0 spiro atoms. The molecule has 3 heterocycles. The number of carbonyl (C=O) groups excluding carboxylic acids is 2. The number of aromatic nitrogens is 2. The number of fused-ring (bicyclic) bond motifs is 1. The highest BCUT2D eigenvalue weighted by Gasteiger charge is 2.25. The Bertz CT molecular complexity index is 1320. The van der Waals surface area contributed by atoms with Crippen molar-refractivity contribution in [2.24, 2.45) is 0 Å². The van der Waals surface area contributed by atoms with Gasteiger partial charge in [0, 0.05) is 60.6 Å². The van der Waals surface area contributed by atoms with Crippen LogP contribution in [0.3, 0.4) is 0 Å². The molecule has 2 N–H and O–H groups in total. The number of hydrogen-bond acceptors (Lipinski definition) is 4. The second-order valence-electron chi connectivity index (χ2n) is 8.13. The van der Waals surface area contributed by atoms with Gasteiger partial charge < -0.3 is 20.1 Å². The summed E-state index contributed by atoms with van der Waals surface area (Å²) in [6.45, 7) is 2.44. The summed E-state index contributed by atoms with van der Waals surface area (Å²) < 4.78 is 0. The van der Waals surface area contributed by atoms with Crippen LogP contribution in [0, 0.1) is 0 Å². The first-order valence-electron chi connectivity index (χ1n) is 11.3. The van der Waals surface area contributed by atoms with Crippen molar-refractivity contribution < 1.29 is 9.59 Å². The maximum absolute atomic E-state index is 13.6. The van der Waals surface area contributed by atoms with Crippen LogP contribution in [0.4, 0.5) is 5.82 Å². The maximum Gasteiger partial charge on any atom is 0.270 e. The topological polar surface area (TPSA) is 81.3 Å². The lowest BCUT2D eigenvalue weighted by Gasteiger charge is -2.35. The van der Waals surface area contributed by atoms with E-state index in [0.29, 0.717) is 31.7 Å². The molecule has 0 saturated carbocycles. The monoisotopic (exact) mass is 451 g/mol. The summed E-state index contributed by atoms with van der Waals surface area (Å²) >= 11 is 0. The van der Waals surface area contributed by atoms with Gasteiger partial charge in [-0.25, -0.2) is 4.98 Å². The smallest absolute Gasteiger partial charge is 0.270 e. The van der Waals surface area contributed by atoms with Crippen molar-refractivity contribution in [2.45, 2.75) is 0 Å². The molecule has 7 heteroatoms. The summed E-state index contributed by atoms with van der Waals surface area (Å²) in [5.74, 6) is 0.393. The summed E-state index contributed by atoms with van der Waals surface area (Å²) in [6.07, 6.45) is 5.38. The van der Waals surface area contributed by atoms with Crippen LogP contribution in [0.5, 0.6) is 0 Å². The van der Waals surface area contributed by atoms with Gasteiger partial charge >= 0.3 is 0 Å². The molecule has 7 nitrogen and oxygen atoms in total. The number of carbonyl (C=O) groups is 2. The number of nitrogens with zero attached hydrogens (tertiary/aromatic N) is 3. The number of H-pyrrole nitrogens is 1. The van der Waals surface area contributed by atoms with Crippen molar-refractivity contribution in [3.63, 3.8) is 0 Å². The van der Waals surface area contributed by atoms with Gasteiger partial charge in [-0.3, -0.25) is 9.59 Å². The van der Waals surface area contributed by atoms with Crippen LogP contribution in [0.15, 0.2) is 90.9 Å². The van der Waals surface area contributed by atoms with Crippen molar-refractivity contribution in [3.05, 3.63) is 102 Å². The fourth-order valence-electron chi connectivity index (χ4n) is 4.15. The molecule has 1 aliphatic rings. The Balaban J connectivity index is 1.40. The van der Waals surface area contributed by atoms with E-state index in [1.807, 2.05) is 54.7 Å². The first-order chi connectivity index (χ1) is 16.7. The minimum absolute atomic E-state index is 0.199. The molecule has 0 atom stereocenters.